The highest BCUT2D eigenvalue weighted by Gasteiger charge is 2.08. The van der Waals surface area contributed by atoms with Gasteiger partial charge in [0, 0.05) is 6.54 Å². The Labute approximate surface area is 140 Å². The smallest absolute Gasteiger partial charge is 0.269 e. The summed E-state index contributed by atoms with van der Waals surface area (Å²) in [5, 5.41) is 9.58. The van der Waals surface area contributed by atoms with Crippen LogP contribution in [0.15, 0.2) is 24.3 Å². The topological polar surface area (TPSA) is 61.4 Å². The first-order valence-corrected chi connectivity index (χ1v) is 9.07. The van der Waals surface area contributed by atoms with Gasteiger partial charge in [0.25, 0.3) is 5.91 Å². The molecule has 4 nitrogen and oxygen atoms in total. The van der Waals surface area contributed by atoms with Gasteiger partial charge in [-0.25, -0.2) is 5.43 Å². The van der Waals surface area contributed by atoms with Crippen molar-refractivity contribution >= 4 is 5.91 Å². The van der Waals surface area contributed by atoms with Gasteiger partial charge in [0.05, 0.1) is 5.56 Å². The van der Waals surface area contributed by atoms with Gasteiger partial charge < -0.3 is 5.11 Å². The molecule has 1 aromatic rings. The molecular formula is C19H32N2O2. The lowest BCUT2D eigenvalue weighted by atomic mass is 10.1. The number of hydrazine groups is 1. The van der Waals surface area contributed by atoms with Crippen molar-refractivity contribution in [3.05, 3.63) is 29.8 Å². The highest BCUT2D eigenvalue weighted by molar-refractivity contribution is 5.96. The third kappa shape index (κ3) is 9.24. The number of hydrogen-bond acceptors (Lipinski definition) is 3. The average Bonchev–Trinajstić information content (AvgIpc) is 2.56. The number of phenolic OH excluding ortho intramolecular Hbond substituents is 1. The van der Waals surface area contributed by atoms with E-state index in [1.807, 2.05) is 0 Å². The molecule has 0 heterocycles. The minimum Gasteiger partial charge on any atom is -0.507 e. The molecule has 4 heteroatoms. The summed E-state index contributed by atoms with van der Waals surface area (Å²) >= 11 is 0. The predicted octanol–water partition coefficient (Wildman–Crippen LogP) is 4.55. The molecule has 0 unspecified atom stereocenters. The van der Waals surface area contributed by atoms with Gasteiger partial charge in [-0.15, -0.1) is 0 Å². The van der Waals surface area contributed by atoms with E-state index in [2.05, 4.69) is 17.8 Å². The standard InChI is InChI=1S/C19H32N2O2/c1-2-3-4-5-6-7-8-9-10-13-16-20-21-19(23)17-14-11-12-15-18(17)22/h11-12,14-15,20,22H,2-10,13,16H2,1H3,(H,21,23). The summed E-state index contributed by atoms with van der Waals surface area (Å²) in [6.07, 6.45) is 13.0. The fraction of sp³-hybridized carbons (Fsp3) is 0.632. The Balaban J connectivity index is 1.92. The third-order valence-electron chi connectivity index (χ3n) is 4.01. The molecule has 0 saturated carbocycles. The largest absolute Gasteiger partial charge is 0.507 e. The van der Waals surface area contributed by atoms with Crippen LogP contribution in [0, 0.1) is 0 Å². The monoisotopic (exact) mass is 320 g/mol. The van der Waals surface area contributed by atoms with Gasteiger partial charge in [-0.05, 0) is 18.6 Å². The number of phenols is 1. The van der Waals surface area contributed by atoms with Gasteiger partial charge in [-0.1, -0.05) is 76.8 Å². The molecule has 0 aliphatic rings. The van der Waals surface area contributed by atoms with E-state index in [0.717, 1.165) is 13.0 Å². The number of unbranched alkanes of at least 4 members (excludes halogenated alkanes) is 9. The van der Waals surface area contributed by atoms with Gasteiger partial charge in [-0.3, -0.25) is 10.2 Å². The number of carbonyl (C=O) groups is 1. The molecule has 0 aromatic heterocycles. The first-order valence-electron chi connectivity index (χ1n) is 9.07. The van der Waals surface area contributed by atoms with Crippen molar-refractivity contribution in [2.75, 3.05) is 6.54 Å². The second-order valence-corrected chi connectivity index (χ2v) is 6.08. The number of hydrogen-bond donors (Lipinski definition) is 3. The van der Waals surface area contributed by atoms with Crippen LogP contribution in [0.4, 0.5) is 0 Å². The van der Waals surface area contributed by atoms with Gasteiger partial charge in [0.15, 0.2) is 0 Å². The Morgan fingerprint density at radius 3 is 2.09 bits per heavy atom. The van der Waals surface area contributed by atoms with Gasteiger partial charge in [0.2, 0.25) is 0 Å². The van der Waals surface area contributed by atoms with Crippen molar-refractivity contribution in [1.29, 1.82) is 0 Å². The van der Waals surface area contributed by atoms with Crippen LogP contribution < -0.4 is 10.9 Å². The number of benzene rings is 1. The van der Waals surface area contributed by atoms with E-state index < -0.39 is 0 Å². The Bertz CT molecular complexity index is 435. The maximum atomic E-state index is 11.8. The van der Waals surface area contributed by atoms with E-state index in [1.54, 1.807) is 18.2 Å². The molecule has 1 aromatic carbocycles. The normalized spacial score (nSPS) is 10.7. The molecule has 130 valence electrons. The van der Waals surface area contributed by atoms with E-state index in [0.29, 0.717) is 5.56 Å². The Morgan fingerprint density at radius 1 is 0.913 bits per heavy atom. The van der Waals surface area contributed by atoms with Crippen LogP contribution in [-0.4, -0.2) is 17.6 Å². The van der Waals surface area contributed by atoms with Crippen LogP contribution in [0.5, 0.6) is 5.75 Å². The Hall–Kier alpha value is -1.55. The summed E-state index contributed by atoms with van der Waals surface area (Å²) in [7, 11) is 0. The third-order valence-corrected chi connectivity index (χ3v) is 4.01. The molecule has 3 N–H and O–H groups in total. The number of amides is 1. The molecule has 0 fully saturated rings. The first-order chi connectivity index (χ1) is 11.3. The van der Waals surface area contributed by atoms with E-state index >= 15 is 0 Å². The highest BCUT2D eigenvalue weighted by atomic mass is 16.3. The zero-order valence-electron chi connectivity index (χ0n) is 14.4. The fourth-order valence-corrected chi connectivity index (χ4v) is 2.58. The molecule has 0 bridgehead atoms. The maximum absolute atomic E-state index is 11.8. The van der Waals surface area contributed by atoms with Crippen LogP contribution in [0.2, 0.25) is 0 Å². The minimum atomic E-state index is -0.296. The number of nitrogens with one attached hydrogen (secondary N) is 2. The molecule has 23 heavy (non-hydrogen) atoms. The number of carbonyl (C=O) groups excluding carboxylic acids is 1. The van der Waals surface area contributed by atoms with Gasteiger partial charge in [0.1, 0.15) is 5.75 Å². The van der Waals surface area contributed by atoms with E-state index in [-0.39, 0.29) is 11.7 Å². The maximum Gasteiger partial charge on any atom is 0.269 e. The van der Waals surface area contributed by atoms with Crippen molar-refractivity contribution in [3.63, 3.8) is 0 Å². The SMILES string of the molecule is CCCCCCCCCCCCNNC(=O)c1ccccc1O. The van der Waals surface area contributed by atoms with Crippen LogP contribution in [0.1, 0.15) is 81.5 Å². The summed E-state index contributed by atoms with van der Waals surface area (Å²) < 4.78 is 0. The molecule has 0 spiro atoms. The number of rotatable bonds is 13. The van der Waals surface area contributed by atoms with E-state index in [4.69, 9.17) is 0 Å². The van der Waals surface area contributed by atoms with Gasteiger partial charge in [-0.2, -0.15) is 0 Å². The summed E-state index contributed by atoms with van der Waals surface area (Å²) in [4.78, 5) is 11.8. The molecular weight excluding hydrogens is 288 g/mol. The van der Waals surface area contributed by atoms with Crippen molar-refractivity contribution in [2.24, 2.45) is 0 Å². The molecule has 0 atom stereocenters. The second kappa shape index (κ2) is 12.9. The summed E-state index contributed by atoms with van der Waals surface area (Å²) in [5.74, 6) is -0.291. The van der Waals surface area contributed by atoms with Gasteiger partial charge >= 0.3 is 0 Å². The molecule has 1 rings (SSSR count). The first kappa shape index (κ1) is 19.5. The highest BCUT2D eigenvalue weighted by Crippen LogP contribution is 2.14. The summed E-state index contributed by atoms with van der Waals surface area (Å²) in [5.41, 5.74) is 5.84. The molecule has 1 amide bonds. The molecule has 0 aliphatic carbocycles. The Kier molecular flexibility index (Phi) is 11.0. The predicted molar refractivity (Wildman–Crippen MR) is 95.4 cm³/mol. The number of aromatic hydroxyl groups is 1. The molecule has 0 saturated heterocycles. The molecule has 0 aliphatic heterocycles. The zero-order valence-corrected chi connectivity index (χ0v) is 14.4. The van der Waals surface area contributed by atoms with Crippen LogP contribution in [0.3, 0.4) is 0 Å². The number of para-hydroxylation sites is 1. The van der Waals surface area contributed by atoms with Crippen molar-refractivity contribution in [3.8, 4) is 5.75 Å². The lowest BCUT2D eigenvalue weighted by Crippen LogP contribution is -2.37. The van der Waals surface area contributed by atoms with E-state index in [9.17, 15) is 9.90 Å². The van der Waals surface area contributed by atoms with Crippen molar-refractivity contribution < 1.29 is 9.90 Å². The summed E-state index contributed by atoms with van der Waals surface area (Å²) in [6, 6.07) is 6.55. The van der Waals surface area contributed by atoms with E-state index in [1.165, 1.54) is 63.9 Å². The lowest BCUT2D eigenvalue weighted by Gasteiger charge is -2.08. The minimum absolute atomic E-state index is 0.00531. The van der Waals surface area contributed by atoms with Crippen molar-refractivity contribution in [1.82, 2.24) is 10.9 Å². The lowest BCUT2D eigenvalue weighted by molar-refractivity contribution is 0.0930. The van der Waals surface area contributed by atoms with Crippen molar-refractivity contribution in [2.45, 2.75) is 71.1 Å². The van der Waals surface area contributed by atoms with Crippen LogP contribution in [0.25, 0.3) is 0 Å². The van der Waals surface area contributed by atoms with Crippen LogP contribution in [-0.2, 0) is 0 Å². The zero-order chi connectivity index (χ0) is 16.8. The fourth-order valence-electron chi connectivity index (χ4n) is 2.58. The second-order valence-electron chi connectivity index (χ2n) is 6.08. The quantitative estimate of drug-likeness (QED) is 0.369. The van der Waals surface area contributed by atoms with Crippen LogP contribution >= 0.6 is 0 Å². The molecule has 0 radical (unpaired) electrons. The Morgan fingerprint density at radius 2 is 1.48 bits per heavy atom. The average molecular weight is 320 g/mol. The summed E-state index contributed by atoms with van der Waals surface area (Å²) in [6.45, 7) is 3.01.